The summed E-state index contributed by atoms with van der Waals surface area (Å²) in [6.07, 6.45) is -2.40. The third-order valence-electron chi connectivity index (χ3n) is 5.36. The lowest BCUT2D eigenvalue weighted by molar-refractivity contribution is -0.452. The van der Waals surface area contributed by atoms with E-state index in [9.17, 15) is 70.2 Å². The van der Waals surface area contributed by atoms with Crippen LogP contribution in [0.1, 0.15) is 26.7 Å². The number of hydrogen-bond acceptors (Lipinski definition) is 1. The van der Waals surface area contributed by atoms with Crippen LogP contribution in [-0.4, -0.2) is 60.6 Å². The highest BCUT2D eigenvalue weighted by molar-refractivity contribution is 5.15. The first-order valence-corrected chi connectivity index (χ1v) is 8.88. The average molecular weight is 528 g/mol. The van der Waals surface area contributed by atoms with Crippen LogP contribution in [0.25, 0.3) is 0 Å². The van der Waals surface area contributed by atoms with Crippen molar-refractivity contribution in [3.63, 3.8) is 0 Å². The molecule has 0 N–H and O–H groups in total. The van der Waals surface area contributed by atoms with Gasteiger partial charge in [-0.2, -0.15) is 70.2 Å². The van der Waals surface area contributed by atoms with E-state index in [0.717, 1.165) is 0 Å². The van der Waals surface area contributed by atoms with Gasteiger partial charge in [-0.05, 0) is 11.8 Å². The Balaban J connectivity index is 3.50. The van der Waals surface area contributed by atoms with Crippen LogP contribution in [0.3, 0.4) is 0 Å². The second-order valence-corrected chi connectivity index (χ2v) is 7.71. The van der Waals surface area contributed by atoms with Gasteiger partial charge in [0.2, 0.25) is 0 Å². The zero-order valence-corrected chi connectivity index (χ0v) is 16.4. The first-order valence-electron chi connectivity index (χ1n) is 8.88. The highest BCUT2D eigenvalue weighted by Crippen LogP contribution is 2.64. The Hall–Kier alpha value is -1.16. The van der Waals surface area contributed by atoms with Crippen LogP contribution in [0.4, 0.5) is 70.2 Å². The van der Waals surface area contributed by atoms with Gasteiger partial charge in [-0.3, -0.25) is 0 Å². The first-order chi connectivity index (χ1) is 14.3. The van der Waals surface area contributed by atoms with E-state index >= 15 is 0 Å². The van der Waals surface area contributed by atoms with Crippen LogP contribution in [0.15, 0.2) is 0 Å². The second-order valence-electron chi connectivity index (χ2n) is 7.71. The number of alkyl halides is 16. The average Bonchev–Trinajstić information content (AvgIpc) is 3.06. The summed E-state index contributed by atoms with van der Waals surface area (Å²) in [4.78, 5) is 0. The van der Waals surface area contributed by atoms with Crippen LogP contribution < -0.4 is 0 Å². The van der Waals surface area contributed by atoms with Crippen molar-refractivity contribution in [1.82, 2.24) is 0 Å². The van der Waals surface area contributed by atoms with Crippen molar-refractivity contribution in [3.05, 3.63) is 0 Å². The Kier molecular flexibility index (Phi) is 7.43. The maximum atomic E-state index is 14.0. The van der Waals surface area contributed by atoms with Crippen molar-refractivity contribution in [3.8, 4) is 0 Å². The minimum absolute atomic E-state index is 0.0521. The number of hydrogen-bond donors (Lipinski definition) is 0. The number of rotatable bonds is 10. The van der Waals surface area contributed by atoms with E-state index in [1.54, 1.807) is 0 Å². The summed E-state index contributed by atoms with van der Waals surface area (Å²) in [5.41, 5.74) is 0. The fraction of sp³-hybridized carbons (Fsp3) is 1.00. The maximum Gasteiger partial charge on any atom is 0.384 e. The zero-order chi connectivity index (χ0) is 26.7. The molecule has 0 spiro atoms. The molecular formula is C16H16F16O. The van der Waals surface area contributed by atoms with Gasteiger partial charge >= 0.3 is 47.4 Å². The minimum Gasteiger partial charge on any atom is -0.381 e. The van der Waals surface area contributed by atoms with Crippen LogP contribution in [-0.2, 0) is 4.74 Å². The molecule has 2 atom stereocenters. The number of ether oxygens (including phenoxy) is 1. The molecule has 0 aliphatic carbocycles. The molecule has 198 valence electrons. The Morgan fingerprint density at radius 3 is 1.24 bits per heavy atom. The molecule has 1 saturated heterocycles. The summed E-state index contributed by atoms with van der Waals surface area (Å²) in [6, 6.07) is 0. The monoisotopic (exact) mass is 528 g/mol. The second kappa shape index (κ2) is 8.21. The van der Waals surface area contributed by atoms with E-state index in [4.69, 9.17) is 0 Å². The fourth-order valence-electron chi connectivity index (χ4n) is 3.07. The summed E-state index contributed by atoms with van der Waals surface area (Å²) in [7, 11) is 0. The Morgan fingerprint density at radius 1 is 0.545 bits per heavy atom. The summed E-state index contributed by atoms with van der Waals surface area (Å²) in [5, 5.41) is 0. The van der Waals surface area contributed by atoms with E-state index in [-0.39, 0.29) is 13.0 Å². The molecule has 1 nitrogen and oxygen atoms in total. The predicted molar refractivity (Wildman–Crippen MR) is 78.0 cm³/mol. The Labute approximate surface area is 175 Å². The van der Waals surface area contributed by atoms with E-state index in [2.05, 4.69) is 4.74 Å². The summed E-state index contributed by atoms with van der Waals surface area (Å²) >= 11 is 0. The van der Waals surface area contributed by atoms with Gasteiger partial charge in [0.15, 0.2) is 0 Å². The molecule has 0 bridgehead atoms. The molecule has 1 aliphatic rings. The Bertz CT molecular complexity index is 695. The van der Waals surface area contributed by atoms with Gasteiger partial charge in [-0.15, -0.1) is 0 Å². The minimum atomic E-state index is -8.36. The molecule has 0 aromatic carbocycles. The zero-order valence-electron chi connectivity index (χ0n) is 16.4. The molecule has 17 heteroatoms. The molecule has 0 aromatic heterocycles. The molecule has 1 rings (SSSR count). The molecule has 1 heterocycles. The van der Waals surface area contributed by atoms with Crippen LogP contribution >= 0.6 is 0 Å². The van der Waals surface area contributed by atoms with Gasteiger partial charge in [0.1, 0.15) is 0 Å². The summed E-state index contributed by atoms with van der Waals surface area (Å²) in [6.45, 7) is -0.945. The molecule has 0 saturated carbocycles. The smallest absolute Gasteiger partial charge is 0.381 e. The number of halogens is 16. The molecule has 33 heavy (non-hydrogen) atoms. The van der Waals surface area contributed by atoms with Crippen molar-refractivity contribution in [2.24, 2.45) is 11.8 Å². The molecular weight excluding hydrogens is 512 g/mol. The standard InChI is InChI=1S/C16H16F16O/c1-3-7-5-33-6-8(7)4-10(19,20)12(23,24)14(27,28)16(31,32)15(29,30)13(25,26)11(21,22)9(2,17)18/h7-8H,3-6H2,1-2H3. The third kappa shape index (κ3) is 4.13. The quantitative estimate of drug-likeness (QED) is 0.274. The van der Waals surface area contributed by atoms with Crippen LogP contribution in [0, 0.1) is 11.8 Å². The summed E-state index contributed by atoms with van der Waals surface area (Å²) < 4.78 is 221. The lowest BCUT2D eigenvalue weighted by Crippen LogP contribution is -2.74. The molecule has 1 fully saturated rings. The highest BCUT2D eigenvalue weighted by Gasteiger charge is 2.94. The fourth-order valence-corrected chi connectivity index (χ4v) is 3.07. The van der Waals surface area contributed by atoms with Gasteiger partial charge in [0.25, 0.3) is 0 Å². The topological polar surface area (TPSA) is 9.23 Å². The molecule has 0 aromatic rings. The summed E-state index contributed by atoms with van der Waals surface area (Å²) in [5.74, 6) is -63.1. The normalized spacial score (nSPS) is 22.7. The lowest BCUT2D eigenvalue weighted by atomic mass is 9.83. The van der Waals surface area contributed by atoms with Crippen molar-refractivity contribution < 1.29 is 75.0 Å². The van der Waals surface area contributed by atoms with Gasteiger partial charge in [-0.25, -0.2) is 0 Å². The van der Waals surface area contributed by atoms with E-state index < -0.39 is 79.2 Å². The molecule has 1 aliphatic heterocycles. The van der Waals surface area contributed by atoms with Gasteiger partial charge in [0.05, 0.1) is 0 Å². The van der Waals surface area contributed by atoms with E-state index in [1.165, 1.54) is 6.92 Å². The van der Waals surface area contributed by atoms with E-state index in [0.29, 0.717) is 0 Å². The maximum absolute atomic E-state index is 14.0. The van der Waals surface area contributed by atoms with Gasteiger partial charge in [0, 0.05) is 26.6 Å². The van der Waals surface area contributed by atoms with Gasteiger partial charge in [-0.1, -0.05) is 13.3 Å². The van der Waals surface area contributed by atoms with Crippen molar-refractivity contribution in [1.29, 1.82) is 0 Å². The molecule has 0 amide bonds. The van der Waals surface area contributed by atoms with E-state index in [1.807, 2.05) is 0 Å². The lowest BCUT2D eigenvalue weighted by Gasteiger charge is -2.43. The Morgan fingerprint density at radius 2 is 0.879 bits per heavy atom. The van der Waals surface area contributed by atoms with Gasteiger partial charge < -0.3 is 4.74 Å². The highest BCUT2D eigenvalue weighted by atomic mass is 19.4. The molecule has 2 unspecified atom stereocenters. The largest absolute Gasteiger partial charge is 0.384 e. The van der Waals surface area contributed by atoms with Crippen LogP contribution in [0.2, 0.25) is 0 Å². The predicted octanol–water partition coefficient (Wildman–Crippen LogP) is 7.15. The van der Waals surface area contributed by atoms with Crippen molar-refractivity contribution in [2.45, 2.75) is 74.1 Å². The van der Waals surface area contributed by atoms with Crippen molar-refractivity contribution in [2.75, 3.05) is 13.2 Å². The van der Waals surface area contributed by atoms with Crippen LogP contribution in [0.5, 0.6) is 0 Å². The first kappa shape index (κ1) is 29.9. The van der Waals surface area contributed by atoms with Crippen molar-refractivity contribution >= 4 is 0 Å². The third-order valence-corrected chi connectivity index (χ3v) is 5.36. The SMILES string of the molecule is CCC1COCC1CC(F)(F)C(F)(F)C(F)(F)C(F)(F)C(F)(F)C(F)(F)C(F)(F)C(C)(F)F. The molecule has 0 radical (unpaired) electrons.